The summed E-state index contributed by atoms with van der Waals surface area (Å²) in [6.45, 7) is 0.772. The highest BCUT2D eigenvalue weighted by Crippen LogP contribution is 2.13. The Morgan fingerprint density at radius 1 is 1.05 bits per heavy atom. The van der Waals surface area contributed by atoms with Crippen LogP contribution >= 0.6 is 0 Å². The fourth-order valence-electron chi connectivity index (χ4n) is 1.79. The van der Waals surface area contributed by atoms with Crippen molar-refractivity contribution in [2.75, 3.05) is 18.5 Å². The largest absolute Gasteiger partial charge is 0.389 e. The summed E-state index contributed by atoms with van der Waals surface area (Å²) in [7, 11) is 0. The number of rotatable bonds is 7. The average Bonchev–Trinajstić information content (AvgIpc) is 2.49. The van der Waals surface area contributed by atoms with Gasteiger partial charge in [-0.25, -0.2) is 8.78 Å². The summed E-state index contributed by atoms with van der Waals surface area (Å²) in [4.78, 5) is 0. The van der Waals surface area contributed by atoms with E-state index < -0.39 is 17.7 Å². The monoisotopic (exact) mass is 293 g/mol. The molecule has 0 heterocycles. The normalized spacial score (nSPS) is 12.1. The van der Waals surface area contributed by atoms with Gasteiger partial charge in [-0.15, -0.1) is 0 Å². The summed E-state index contributed by atoms with van der Waals surface area (Å²) < 4.78 is 31.1. The Morgan fingerprint density at radius 3 is 2.52 bits per heavy atom. The lowest BCUT2D eigenvalue weighted by molar-refractivity contribution is 0.0348. The van der Waals surface area contributed by atoms with E-state index in [4.69, 9.17) is 4.74 Å². The van der Waals surface area contributed by atoms with Gasteiger partial charge in [0.2, 0.25) is 0 Å². The van der Waals surface area contributed by atoms with Gasteiger partial charge >= 0.3 is 0 Å². The molecule has 0 saturated heterocycles. The number of aliphatic hydroxyl groups is 1. The summed E-state index contributed by atoms with van der Waals surface area (Å²) in [5, 5.41) is 12.6. The molecule has 0 aliphatic rings. The van der Waals surface area contributed by atoms with E-state index >= 15 is 0 Å². The number of aliphatic hydroxyl groups excluding tert-OH is 1. The number of benzene rings is 2. The van der Waals surface area contributed by atoms with Gasteiger partial charge in [0.25, 0.3) is 0 Å². The molecule has 1 atom stereocenters. The number of ether oxygens (including phenoxy) is 1. The predicted octanol–water partition coefficient (Wildman–Crippen LogP) is 2.95. The molecule has 0 aliphatic heterocycles. The lowest BCUT2D eigenvalue weighted by Gasteiger charge is -2.13. The number of halogens is 2. The second-order valence-corrected chi connectivity index (χ2v) is 4.66. The molecular formula is C16H17F2NO2. The van der Waals surface area contributed by atoms with Crippen molar-refractivity contribution in [3.63, 3.8) is 0 Å². The third kappa shape index (κ3) is 5.13. The van der Waals surface area contributed by atoms with Crippen molar-refractivity contribution >= 4 is 5.69 Å². The van der Waals surface area contributed by atoms with E-state index in [0.29, 0.717) is 12.3 Å². The van der Waals surface area contributed by atoms with Gasteiger partial charge in [-0.05, 0) is 17.7 Å². The van der Waals surface area contributed by atoms with Gasteiger partial charge in [0.1, 0.15) is 0 Å². The molecule has 21 heavy (non-hydrogen) atoms. The smallest absolute Gasteiger partial charge is 0.160 e. The molecular weight excluding hydrogens is 276 g/mol. The molecule has 1 unspecified atom stereocenters. The molecule has 0 spiro atoms. The maximum Gasteiger partial charge on any atom is 0.160 e. The van der Waals surface area contributed by atoms with Crippen molar-refractivity contribution in [2.45, 2.75) is 12.7 Å². The molecule has 2 aromatic carbocycles. The van der Waals surface area contributed by atoms with Gasteiger partial charge in [0, 0.05) is 18.3 Å². The van der Waals surface area contributed by atoms with E-state index in [1.807, 2.05) is 30.3 Å². The molecule has 0 aliphatic carbocycles. The van der Waals surface area contributed by atoms with Gasteiger partial charge in [-0.1, -0.05) is 30.3 Å². The van der Waals surface area contributed by atoms with Crippen LogP contribution in [0.1, 0.15) is 5.56 Å². The first-order valence-electron chi connectivity index (χ1n) is 6.64. The Balaban J connectivity index is 1.69. The standard InChI is InChI=1S/C16H17F2NO2/c17-15-7-6-13(8-16(15)18)19-9-14(20)11-21-10-12-4-2-1-3-5-12/h1-8,14,19-20H,9-11H2. The molecule has 0 radical (unpaired) electrons. The first-order chi connectivity index (χ1) is 10.1. The molecule has 0 aromatic heterocycles. The van der Waals surface area contributed by atoms with E-state index in [2.05, 4.69) is 5.32 Å². The summed E-state index contributed by atoms with van der Waals surface area (Å²) >= 11 is 0. The van der Waals surface area contributed by atoms with Gasteiger partial charge in [-0.2, -0.15) is 0 Å². The Morgan fingerprint density at radius 2 is 1.81 bits per heavy atom. The van der Waals surface area contributed by atoms with Crippen molar-refractivity contribution in [1.82, 2.24) is 0 Å². The van der Waals surface area contributed by atoms with E-state index in [1.54, 1.807) is 0 Å². The lowest BCUT2D eigenvalue weighted by Crippen LogP contribution is -2.24. The SMILES string of the molecule is OC(CNc1ccc(F)c(F)c1)COCc1ccccc1. The highest BCUT2D eigenvalue weighted by Gasteiger charge is 2.06. The molecule has 2 rings (SSSR count). The second kappa shape index (κ2) is 7.71. The van der Waals surface area contributed by atoms with Crippen LogP contribution in [-0.2, 0) is 11.3 Å². The van der Waals surface area contributed by atoms with Gasteiger partial charge in [0.15, 0.2) is 11.6 Å². The molecule has 0 amide bonds. The van der Waals surface area contributed by atoms with E-state index in [9.17, 15) is 13.9 Å². The van der Waals surface area contributed by atoms with Crippen LogP contribution in [0.4, 0.5) is 14.5 Å². The Kier molecular flexibility index (Phi) is 5.66. The molecule has 2 N–H and O–H groups in total. The minimum Gasteiger partial charge on any atom is -0.389 e. The van der Waals surface area contributed by atoms with Gasteiger partial charge in [0.05, 0.1) is 19.3 Å². The minimum absolute atomic E-state index is 0.158. The number of hydrogen-bond acceptors (Lipinski definition) is 3. The Hall–Kier alpha value is -1.98. The molecule has 0 fully saturated rings. The Bertz CT molecular complexity index is 563. The van der Waals surface area contributed by atoms with Crippen molar-refractivity contribution in [2.24, 2.45) is 0 Å². The molecule has 0 saturated carbocycles. The van der Waals surface area contributed by atoms with Crippen LogP contribution in [0.15, 0.2) is 48.5 Å². The van der Waals surface area contributed by atoms with Crippen LogP contribution in [0.25, 0.3) is 0 Å². The Labute approximate surface area is 122 Å². The zero-order valence-corrected chi connectivity index (χ0v) is 11.4. The van der Waals surface area contributed by atoms with Crippen LogP contribution < -0.4 is 5.32 Å². The third-order valence-electron chi connectivity index (χ3n) is 2.88. The maximum absolute atomic E-state index is 13.0. The van der Waals surface area contributed by atoms with Gasteiger partial charge in [-0.3, -0.25) is 0 Å². The summed E-state index contributed by atoms with van der Waals surface area (Å²) in [6.07, 6.45) is -0.734. The predicted molar refractivity (Wildman–Crippen MR) is 77.0 cm³/mol. The third-order valence-corrected chi connectivity index (χ3v) is 2.88. The lowest BCUT2D eigenvalue weighted by atomic mass is 10.2. The first kappa shape index (κ1) is 15.4. The summed E-state index contributed by atoms with van der Waals surface area (Å²) in [6, 6.07) is 13.1. The highest BCUT2D eigenvalue weighted by molar-refractivity contribution is 5.43. The zero-order valence-electron chi connectivity index (χ0n) is 11.4. The second-order valence-electron chi connectivity index (χ2n) is 4.66. The zero-order chi connectivity index (χ0) is 15.1. The first-order valence-corrected chi connectivity index (χ1v) is 6.64. The van der Waals surface area contributed by atoms with Crippen molar-refractivity contribution < 1.29 is 18.6 Å². The molecule has 3 nitrogen and oxygen atoms in total. The van der Waals surface area contributed by atoms with E-state index in [-0.39, 0.29) is 13.2 Å². The van der Waals surface area contributed by atoms with E-state index in [1.165, 1.54) is 6.07 Å². The molecule has 112 valence electrons. The van der Waals surface area contributed by atoms with E-state index in [0.717, 1.165) is 17.7 Å². The quantitative estimate of drug-likeness (QED) is 0.824. The number of anilines is 1. The molecule has 0 bridgehead atoms. The minimum atomic E-state index is -0.921. The fourth-order valence-corrected chi connectivity index (χ4v) is 1.79. The number of nitrogens with one attached hydrogen (secondary N) is 1. The van der Waals surface area contributed by atoms with Crippen molar-refractivity contribution in [3.05, 3.63) is 65.7 Å². The van der Waals surface area contributed by atoms with Crippen LogP contribution in [0, 0.1) is 11.6 Å². The van der Waals surface area contributed by atoms with Crippen LogP contribution in [0.2, 0.25) is 0 Å². The van der Waals surface area contributed by atoms with Crippen LogP contribution in [0.5, 0.6) is 0 Å². The maximum atomic E-state index is 13.0. The summed E-state index contributed by atoms with van der Waals surface area (Å²) in [5.74, 6) is -1.82. The molecule has 2 aromatic rings. The van der Waals surface area contributed by atoms with Crippen molar-refractivity contribution in [3.8, 4) is 0 Å². The number of hydrogen-bond donors (Lipinski definition) is 2. The fraction of sp³-hybridized carbons (Fsp3) is 0.250. The van der Waals surface area contributed by atoms with Crippen LogP contribution in [0.3, 0.4) is 0 Å². The summed E-state index contributed by atoms with van der Waals surface area (Å²) in [5.41, 5.74) is 1.44. The molecule has 5 heteroatoms. The highest BCUT2D eigenvalue weighted by atomic mass is 19.2. The average molecular weight is 293 g/mol. The van der Waals surface area contributed by atoms with Gasteiger partial charge < -0.3 is 15.2 Å². The topological polar surface area (TPSA) is 41.5 Å². The van der Waals surface area contributed by atoms with Crippen LogP contribution in [-0.4, -0.2) is 24.4 Å². The van der Waals surface area contributed by atoms with Crippen molar-refractivity contribution in [1.29, 1.82) is 0 Å².